The highest BCUT2D eigenvalue weighted by atomic mass is 35.5. The van der Waals surface area contributed by atoms with Crippen molar-refractivity contribution in [3.63, 3.8) is 0 Å². The molecular formula is C26H29ClN6O. The Labute approximate surface area is 203 Å². The number of piperidine rings is 1. The second kappa shape index (κ2) is 9.41. The number of imidazole rings is 1. The lowest BCUT2D eigenvalue weighted by Crippen LogP contribution is -2.36. The van der Waals surface area contributed by atoms with E-state index in [0.717, 1.165) is 84.9 Å². The van der Waals surface area contributed by atoms with Crippen molar-refractivity contribution in [2.24, 2.45) is 5.92 Å². The first-order valence-electron chi connectivity index (χ1n) is 12.1. The molecule has 2 aromatic carbocycles. The number of anilines is 2. The number of benzene rings is 2. The second-order valence-corrected chi connectivity index (χ2v) is 9.61. The number of aromatic amines is 1. The Bertz CT molecular complexity index is 1310. The number of morpholine rings is 1. The van der Waals surface area contributed by atoms with Crippen LogP contribution in [-0.4, -0.2) is 60.9 Å². The average molecular weight is 477 g/mol. The van der Waals surface area contributed by atoms with Crippen LogP contribution in [0.4, 0.5) is 11.4 Å². The summed E-state index contributed by atoms with van der Waals surface area (Å²) in [5, 5.41) is 8.93. The molecule has 0 amide bonds. The van der Waals surface area contributed by atoms with Crippen LogP contribution < -0.4 is 15.5 Å². The molecule has 2 aliphatic rings. The quantitative estimate of drug-likeness (QED) is 0.388. The summed E-state index contributed by atoms with van der Waals surface area (Å²) in [6.07, 6.45) is 4.28. The third-order valence-corrected chi connectivity index (χ3v) is 7.19. The Morgan fingerprint density at radius 1 is 1.06 bits per heavy atom. The van der Waals surface area contributed by atoms with Crippen LogP contribution in [0.15, 0.2) is 42.6 Å². The smallest absolute Gasteiger partial charge is 0.142 e. The normalized spacial score (nSPS) is 17.5. The summed E-state index contributed by atoms with van der Waals surface area (Å²) < 4.78 is 5.51. The number of H-pyrrole nitrogens is 1. The van der Waals surface area contributed by atoms with Crippen molar-refractivity contribution in [1.29, 1.82) is 0 Å². The number of hydrogen-bond donors (Lipinski definition) is 3. The highest BCUT2D eigenvalue weighted by molar-refractivity contribution is 6.31. The Kier molecular flexibility index (Phi) is 5.99. The molecule has 0 bridgehead atoms. The van der Waals surface area contributed by atoms with Crippen LogP contribution in [0, 0.1) is 5.92 Å². The SMILES string of the molecule is Clc1ccc2ncc(-c3nc4ccc(N5CCOCC5)cc4[nH]3)c(NCC3CCNCC3)c2c1. The molecule has 34 heavy (non-hydrogen) atoms. The predicted octanol–water partition coefficient (Wildman–Crippen LogP) is 4.68. The van der Waals surface area contributed by atoms with E-state index >= 15 is 0 Å². The zero-order chi connectivity index (χ0) is 22.9. The molecule has 4 heterocycles. The van der Waals surface area contributed by atoms with Crippen molar-refractivity contribution < 1.29 is 4.74 Å². The van der Waals surface area contributed by atoms with Gasteiger partial charge in [0.1, 0.15) is 5.82 Å². The maximum Gasteiger partial charge on any atom is 0.142 e. The number of nitrogens with zero attached hydrogens (tertiary/aromatic N) is 3. The summed E-state index contributed by atoms with van der Waals surface area (Å²) in [4.78, 5) is 15.6. The monoisotopic (exact) mass is 476 g/mol. The fourth-order valence-corrected chi connectivity index (χ4v) is 5.18. The third kappa shape index (κ3) is 4.31. The van der Waals surface area contributed by atoms with Gasteiger partial charge in [0.25, 0.3) is 0 Å². The molecule has 0 atom stereocenters. The lowest BCUT2D eigenvalue weighted by molar-refractivity contribution is 0.122. The zero-order valence-electron chi connectivity index (χ0n) is 19.1. The third-order valence-electron chi connectivity index (χ3n) is 6.95. The first-order valence-corrected chi connectivity index (χ1v) is 12.5. The summed E-state index contributed by atoms with van der Waals surface area (Å²) >= 11 is 6.39. The molecule has 2 fully saturated rings. The number of pyridine rings is 1. The van der Waals surface area contributed by atoms with Crippen molar-refractivity contribution in [3.05, 3.63) is 47.6 Å². The summed E-state index contributed by atoms with van der Waals surface area (Å²) in [6.45, 7) is 6.43. The topological polar surface area (TPSA) is 78.1 Å². The minimum atomic E-state index is 0.642. The summed E-state index contributed by atoms with van der Waals surface area (Å²) in [5.74, 6) is 1.46. The molecule has 0 unspecified atom stereocenters. The number of halogens is 1. The average Bonchev–Trinajstić information content (AvgIpc) is 3.31. The van der Waals surface area contributed by atoms with Crippen LogP contribution in [0.2, 0.25) is 5.02 Å². The van der Waals surface area contributed by atoms with Gasteiger partial charge in [0.2, 0.25) is 0 Å². The van der Waals surface area contributed by atoms with Crippen LogP contribution in [0.3, 0.4) is 0 Å². The van der Waals surface area contributed by atoms with Crippen LogP contribution in [0.5, 0.6) is 0 Å². The number of rotatable bonds is 5. The van der Waals surface area contributed by atoms with Gasteiger partial charge in [0.15, 0.2) is 0 Å². The second-order valence-electron chi connectivity index (χ2n) is 9.17. The van der Waals surface area contributed by atoms with Gasteiger partial charge in [-0.15, -0.1) is 0 Å². The lowest BCUT2D eigenvalue weighted by atomic mass is 9.97. The van der Waals surface area contributed by atoms with Gasteiger partial charge in [0.05, 0.1) is 41.0 Å². The van der Waals surface area contributed by atoms with Crippen LogP contribution >= 0.6 is 11.6 Å². The molecule has 2 aromatic heterocycles. The van der Waals surface area contributed by atoms with Gasteiger partial charge >= 0.3 is 0 Å². The van der Waals surface area contributed by atoms with Crippen molar-refractivity contribution in [2.75, 3.05) is 56.2 Å². The van der Waals surface area contributed by atoms with Gasteiger partial charge in [-0.2, -0.15) is 0 Å². The first-order chi connectivity index (χ1) is 16.7. The number of nitrogens with one attached hydrogen (secondary N) is 3. The number of hydrogen-bond acceptors (Lipinski definition) is 6. The van der Waals surface area contributed by atoms with Gasteiger partial charge in [0, 0.05) is 41.9 Å². The Morgan fingerprint density at radius 3 is 2.74 bits per heavy atom. The van der Waals surface area contributed by atoms with Gasteiger partial charge in [-0.1, -0.05) is 11.6 Å². The molecule has 0 saturated carbocycles. The van der Waals surface area contributed by atoms with E-state index in [1.807, 2.05) is 24.4 Å². The Balaban J connectivity index is 1.39. The maximum absolute atomic E-state index is 6.39. The number of fused-ring (bicyclic) bond motifs is 2. The van der Waals surface area contributed by atoms with E-state index in [0.29, 0.717) is 10.9 Å². The van der Waals surface area contributed by atoms with Crippen molar-refractivity contribution >= 4 is 44.9 Å². The van der Waals surface area contributed by atoms with Crippen LogP contribution in [0.1, 0.15) is 12.8 Å². The molecule has 2 saturated heterocycles. The van der Waals surface area contributed by atoms with E-state index in [4.69, 9.17) is 26.3 Å². The fraction of sp³-hybridized carbons (Fsp3) is 0.385. The van der Waals surface area contributed by atoms with E-state index in [1.165, 1.54) is 18.5 Å². The lowest BCUT2D eigenvalue weighted by Gasteiger charge is -2.28. The van der Waals surface area contributed by atoms with Crippen molar-refractivity contribution in [2.45, 2.75) is 12.8 Å². The summed E-state index contributed by atoms with van der Waals surface area (Å²) in [6, 6.07) is 12.3. The molecule has 7 nitrogen and oxygen atoms in total. The molecule has 0 spiro atoms. The molecule has 4 aromatic rings. The predicted molar refractivity (Wildman–Crippen MR) is 139 cm³/mol. The van der Waals surface area contributed by atoms with Gasteiger partial charge in [-0.05, 0) is 68.2 Å². The Hall–Kier alpha value is -2.87. The van der Waals surface area contributed by atoms with Gasteiger partial charge < -0.3 is 25.3 Å². The molecule has 0 radical (unpaired) electrons. The van der Waals surface area contributed by atoms with Crippen molar-refractivity contribution in [3.8, 4) is 11.4 Å². The standard InChI is InChI=1S/C26H29ClN6O/c27-18-1-3-22-20(13-18)25(30-15-17-5-7-28-8-6-17)21(16-29-22)26-31-23-4-2-19(14-24(23)32-26)33-9-11-34-12-10-33/h1-4,13-14,16-17,28H,5-12,15H2,(H,29,30)(H,31,32). The minimum absolute atomic E-state index is 0.642. The minimum Gasteiger partial charge on any atom is -0.384 e. The summed E-state index contributed by atoms with van der Waals surface area (Å²) in [5.41, 5.74) is 6.09. The molecule has 176 valence electrons. The molecule has 8 heteroatoms. The number of ether oxygens (including phenoxy) is 1. The maximum atomic E-state index is 6.39. The van der Waals surface area contributed by atoms with Crippen LogP contribution in [-0.2, 0) is 4.74 Å². The highest BCUT2D eigenvalue weighted by Crippen LogP contribution is 2.35. The molecule has 3 N–H and O–H groups in total. The van der Waals surface area contributed by atoms with Crippen LogP contribution in [0.25, 0.3) is 33.3 Å². The largest absolute Gasteiger partial charge is 0.384 e. The first kappa shape index (κ1) is 21.6. The van der Waals surface area contributed by atoms with E-state index in [1.54, 1.807) is 0 Å². The zero-order valence-corrected chi connectivity index (χ0v) is 19.9. The molecular weight excluding hydrogens is 448 g/mol. The number of aromatic nitrogens is 3. The Morgan fingerprint density at radius 2 is 1.88 bits per heavy atom. The van der Waals surface area contributed by atoms with E-state index in [-0.39, 0.29) is 0 Å². The highest BCUT2D eigenvalue weighted by Gasteiger charge is 2.19. The molecule has 0 aliphatic carbocycles. The van der Waals surface area contributed by atoms with Gasteiger partial charge in [-0.3, -0.25) is 4.98 Å². The van der Waals surface area contributed by atoms with E-state index in [9.17, 15) is 0 Å². The van der Waals surface area contributed by atoms with E-state index in [2.05, 4.69) is 38.7 Å². The van der Waals surface area contributed by atoms with E-state index < -0.39 is 0 Å². The molecule has 2 aliphatic heterocycles. The molecule has 6 rings (SSSR count). The van der Waals surface area contributed by atoms with Gasteiger partial charge in [-0.25, -0.2) is 4.98 Å². The summed E-state index contributed by atoms with van der Waals surface area (Å²) in [7, 11) is 0. The van der Waals surface area contributed by atoms with Crippen molar-refractivity contribution in [1.82, 2.24) is 20.3 Å². The fourth-order valence-electron chi connectivity index (χ4n) is 5.01.